The molecule has 0 radical (unpaired) electrons. The molecule has 0 aliphatic heterocycles. The third-order valence-electron chi connectivity index (χ3n) is 3.77. The maximum absolute atomic E-state index is 12.2. The summed E-state index contributed by atoms with van der Waals surface area (Å²) >= 11 is 0. The Kier molecular flexibility index (Phi) is 5.95. The Morgan fingerprint density at radius 1 is 1.25 bits per heavy atom. The number of rotatable bonds is 9. The number of unbranched alkanes of at least 4 members (excludes halogenated alkanes) is 1. The van der Waals surface area contributed by atoms with E-state index < -0.39 is 16.0 Å². The molecule has 1 aliphatic rings. The van der Waals surface area contributed by atoms with Crippen molar-refractivity contribution in [2.45, 2.75) is 50.0 Å². The fourth-order valence-electron chi connectivity index (χ4n) is 2.20. The first-order valence-corrected chi connectivity index (χ1v) is 9.41. The highest BCUT2D eigenvalue weighted by Crippen LogP contribution is 2.23. The Morgan fingerprint density at radius 3 is 2.58 bits per heavy atom. The molecule has 132 valence electrons. The zero-order chi connectivity index (χ0) is 17.7. The molecule has 1 fully saturated rings. The molecule has 1 amide bonds. The van der Waals surface area contributed by atoms with Crippen molar-refractivity contribution in [3.63, 3.8) is 0 Å². The number of hydrogen-bond donors (Lipinski definition) is 3. The minimum atomic E-state index is -3.60. The van der Waals surface area contributed by atoms with Gasteiger partial charge in [0.2, 0.25) is 10.0 Å². The zero-order valence-electron chi connectivity index (χ0n) is 13.5. The van der Waals surface area contributed by atoms with Gasteiger partial charge in [-0.2, -0.15) is 0 Å². The molecule has 1 saturated carbocycles. The molecule has 0 unspecified atom stereocenters. The number of nitrogens with one attached hydrogen (secondary N) is 2. The monoisotopic (exact) mass is 354 g/mol. The number of carboxylic acids is 1. The van der Waals surface area contributed by atoms with E-state index in [0.29, 0.717) is 30.5 Å². The summed E-state index contributed by atoms with van der Waals surface area (Å²) in [5.41, 5.74) is 0.996. The number of amides is 1. The molecule has 3 N–H and O–H groups in total. The predicted octanol–water partition coefficient (Wildman–Crippen LogP) is 1.42. The van der Waals surface area contributed by atoms with Crippen LogP contribution < -0.4 is 10.0 Å². The summed E-state index contributed by atoms with van der Waals surface area (Å²) in [5, 5.41) is 11.3. The normalized spacial score (nSPS) is 14.4. The van der Waals surface area contributed by atoms with Crippen molar-refractivity contribution < 1.29 is 23.1 Å². The van der Waals surface area contributed by atoms with Gasteiger partial charge >= 0.3 is 5.97 Å². The largest absolute Gasteiger partial charge is 0.481 e. The maximum atomic E-state index is 12.2. The van der Waals surface area contributed by atoms with E-state index >= 15 is 0 Å². The van der Waals surface area contributed by atoms with Gasteiger partial charge in [0.05, 0.1) is 4.90 Å². The van der Waals surface area contributed by atoms with Crippen molar-refractivity contribution in [3.8, 4) is 0 Å². The lowest BCUT2D eigenvalue weighted by Gasteiger charge is -2.11. The predicted molar refractivity (Wildman–Crippen MR) is 88.3 cm³/mol. The van der Waals surface area contributed by atoms with Crippen LogP contribution in [-0.4, -0.2) is 38.0 Å². The van der Waals surface area contributed by atoms with Crippen molar-refractivity contribution >= 4 is 21.9 Å². The van der Waals surface area contributed by atoms with E-state index in [9.17, 15) is 18.0 Å². The number of benzene rings is 1. The van der Waals surface area contributed by atoms with Gasteiger partial charge < -0.3 is 10.4 Å². The zero-order valence-corrected chi connectivity index (χ0v) is 14.4. The molecule has 2 rings (SSSR count). The topological polar surface area (TPSA) is 113 Å². The van der Waals surface area contributed by atoms with Gasteiger partial charge in [-0.3, -0.25) is 9.59 Å². The van der Waals surface area contributed by atoms with E-state index in [1.165, 1.54) is 12.1 Å². The molecule has 0 saturated heterocycles. The van der Waals surface area contributed by atoms with Gasteiger partial charge in [0, 0.05) is 24.6 Å². The van der Waals surface area contributed by atoms with Crippen LogP contribution in [-0.2, 0) is 14.8 Å². The number of aryl methyl sites for hydroxylation is 1. The van der Waals surface area contributed by atoms with E-state index in [0.717, 1.165) is 12.8 Å². The number of sulfonamides is 1. The second-order valence-electron chi connectivity index (χ2n) is 5.98. The SMILES string of the molecule is Cc1ccc(S(=O)(=O)NC2CC2)cc1C(=O)NCCCCC(=O)O. The number of hydrogen-bond acceptors (Lipinski definition) is 4. The van der Waals surface area contributed by atoms with E-state index in [-0.39, 0.29) is 23.3 Å². The number of carbonyl (C=O) groups excluding carboxylic acids is 1. The molecular formula is C16H22N2O5S. The fourth-order valence-corrected chi connectivity index (χ4v) is 3.53. The van der Waals surface area contributed by atoms with Crippen LogP contribution in [0.2, 0.25) is 0 Å². The summed E-state index contributed by atoms with van der Waals surface area (Å²) in [4.78, 5) is 22.7. The summed E-state index contributed by atoms with van der Waals surface area (Å²) in [6.45, 7) is 2.09. The first-order valence-electron chi connectivity index (χ1n) is 7.92. The fraction of sp³-hybridized carbons (Fsp3) is 0.500. The van der Waals surface area contributed by atoms with Gasteiger partial charge in [0.25, 0.3) is 5.91 Å². The van der Waals surface area contributed by atoms with E-state index in [4.69, 9.17) is 5.11 Å². The quantitative estimate of drug-likeness (QED) is 0.581. The molecule has 0 heterocycles. The van der Waals surface area contributed by atoms with Crippen LogP contribution in [0, 0.1) is 6.92 Å². The van der Waals surface area contributed by atoms with Crippen molar-refractivity contribution in [1.29, 1.82) is 0 Å². The van der Waals surface area contributed by atoms with E-state index in [1.54, 1.807) is 13.0 Å². The molecule has 1 aromatic carbocycles. The van der Waals surface area contributed by atoms with Gasteiger partial charge in [-0.05, 0) is 50.3 Å². The van der Waals surface area contributed by atoms with Crippen LogP contribution in [0.4, 0.5) is 0 Å². The first-order chi connectivity index (χ1) is 11.3. The average molecular weight is 354 g/mol. The average Bonchev–Trinajstić information content (AvgIpc) is 3.29. The smallest absolute Gasteiger partial charge is 0.303 e. The summed E-state index contributed by atoms with van der Waals surface area (Å²) in [7, 11) is -3.60. The second kappa shape index (κ2) is 7.76. The van der Waals surface area contributed by atoms with Gasteiger partial charge in [0.1, 0.15) is 0 Å². The van der Waals surface area contributed by atoms with Crippen molar-refractivity contribution in [3.05, 3.63) is 29.3 Å². The lowest BCUT2D eigenvalue weighted by molar-refractivity contribution is -0.137. The van der Waals surface area contributed by atoms with Crippen LogP contribution in [0.25, 0.3) is 0 Å². The Balaban J connectivity index is 1.99. The van der Waals surface area contributed by atoms with Crippen LogP contribution in [0.3, 0.4) is 0 Å². The molecule has 24 heavy (non-hydrogen) atoms. The van der Waals surface area contributed by atoms with Crippen LogP contribution in [0.1, 0.15) is 48.0 Å². The third kappa shape index (κ3) is 5.31. The van der Waals surface area contributed by atoms with Crippen molar-refractivity contribution in [2.24, 2.45) is 0 Å². The number of carboxylic acid groups (broad SMARTS) is 1. The molecule has 7 nitrogen and oxygen atoms in total. The Labute approximate surface area is 141 Å². The van der Waals surface area contributed by atoms with Crippen molar-refractivity contribution in [2.75, 3.05) is 6.54 Å². The van der Waals surface area contributed by atoms with Crippen molar-refractivity contribution in [1.82, 2.24) is 10.0 Å². The summed E-state index contributed by atoms with van der Waals surface area (Å²) < 4.78 is 27.1. The van der Waals surface area contributed by atoms with Gasteiger partial charge in [0.15, 0.2) is 0 Å². The minimum absolute atomic E-state index is 0.00261. The second-order valence-corrected chi connectivity index (χ2v) is 7.69. The molecule has 1 aliphatic carbocycles. The summed E-state index contributed by atoms with van der Waals surface area (Å²) in [6.07, 6.45) is 2.78. The highest BCUT2D eigenvalue weighted by atomic mass is 32.2. The molecule has 0 aromatic heterocycles. The molecule has 0 atom stereocenters. The first kappa shape index (κ1) is 18.4. The Bertz CT molecular complexity index is 726. The summed E-state index contributed by atoms with van der Waals surface area (Å²) in [6, 6.07) is 4.49. The lowest BCUT2D eigenvalue weighted by Crippen LogP contribution is -2.28. The molecule has 1 aromatic rings. The van der Waals surface area contributed by atoms with Crippen LogP contribution in [0.5, 0.6) is 0 Å². The highest BCUT2D eigenvalue weighted by Gasteiger charge is 2.28. The lowest BCUT2D eigenvalue weighted by atomic mass is 10.1. The van der Waals surface area contributed by atoms with E-state index in [1.807, 2.05) is 0 Å². The third-order valence-corrected chi connectivity index (χ3v) is 5.28. The number of aliphatic carboxylic acids is 1. The molecule has 0 spiro atoms. The Hall–Kier alpha value is -1.93. The summed E-state index contributed by atoms with van der Waals surface area (Å²) in [5.74, 6) is -1.22. The Morgan fingerprint density at radius 2 is 1.96 bits per heavy atom. The minimum Gasteiger partial charge on any atom is -0.481 e. The molecular weight excluding hydrogens is 332 g/mol. The van der Waals surface area contributed by atoms with Gasteiger partial charge in [-0.15, -0.1) is 0 Å². The molecule has 0 bridgehead atoms. The van der Waals surface area contributed by atoms with E-state index in [2.05, 4.69) is 10.0 Å². The van der Waals surface area contributed by atoms with Gasteiger partial charge in [-0.25, -0.2) is 13.1 Å². The highest BCUT2D eigenvalue weighted by molar-refractivity contribution is 7.89. The standard InChI is InChI=1S/C16H22N2O5S/c1-11-5-8-13(24(22,23)18-12-6-7-12)10-14(11)16(21)17-9-3-2-4-15(19)20/h5,8,10,12,18H,2-4,6-7,9H2,1H3,(H,17,21)(H,19,20). The number of carbonyl (C=O) groups is 2. The maximum Gasteiger partial charge on any atom is 0.303 e. The van der Waals surface area contributed by atoms with Crippen LogP contribution in [0.15, 0.2) is 23.1 Å². The van der Waals surface area contributed by atoms with Crippen LogP contribution >= 0.6 is 0 Å². The molecule has 8 heteroatoms. The van der Waals surface area contributed by atoms with Gasteiger partial charge in [-0.1, -0.05) is 6.07 Å².